The van der Waals surface area contributed by atoms with E-state index in [9.17, 15) is 9.59 Å². The van der Waals surface area contributed by atoms with Gasteiger partial charge in [-0.2, -0.15) is 5.21 Å². The van der Waals surface area contributed by atoms with Crippen LogP contribution in [0.15, 0.2) is 58.1 Å². The van der Waals surface area contributed by atoms with Gasteiger partial charge >= 0.3 is 5.69 Å². The van der Waals surface area contributed by atoms with Crippen LogP contribution in [-0.2, 0) is 19.5 Å². The Balaban J connectivity index is 1.37. The molecule has 10 nitrogen and oxygen atoms in total. The van der Waals surface area contributed by atoms with Crippen molar-refractivity contribution in [3.05, 3.63) is 80.8 Å². The smallest absolute Gasteiger partial charge is 0.318 e. The first-order valence-electron chi connectivity index (χ1n) is 13.3. The summed E-state index contributed by atoms with van der Waals surface area (Å²) in [7, 11) is 0. The summed E-state index contributed by atoms with van der Waals surface area (Å²) in [6.45, 7) is 3.26. The highest BCUT2D eigenvalue weighted by Gasteiger charge is 2.26. The fraction of sp³-hybridized carbons (Fsp3) is 0.357. The van der Waals surface area contributed by atoms with Crippen LogP contribution in [0.25, 0.3) is 33.7 Å². The zero-order valence-corrected chi connectivity index (χ0v) is 21.4. The van der Waals surface area contributed by atoms with Crippen LogP contribution >= 0.6 is 0 Å². The second kappa shape index (κ2) is 10.2. The average Bonchev–Trinajstić information content (AvgIpc) is 3.44. The Hall–Kier alpha value is -4.34. The third kappa shape index (κ3) is 4.69. The van der Waals surface area contributed by atoms with Crippen LogP contribution in [0.2, 0.25) is 0 Å². The lowest BCUT2D eigenvalue weighted by molar-refractivity contribution is 0.606. The number of aromatic nitrogens is 8. The van der Waals surface area contributed by atoms with Crippen LogP contribution in [-0.4, -0.2) is 39.7 Å². The van der Waals surface area contributed by atoms with Gasteiger partial charge in [0.1, 0.15) is 5.82 Å². The topological polar surface area (TPSA) is 127 Å². The monoisotopic (exact) mass is 510 g/mol. The lowest BCUT2D eigenvalue weighted by Gasteiger charge is -2.11. The second-order valence-corrected chi connectivity index (χ2v) is 10.0. The van der Waals surface area contributed by atoms with Gasteiger partial charge in [-0.3, -0.25) is 14.3 Å². The molecule has 0 atom stereocenters. The number of rotatable bonds is 10. The van der Waals surface area contributed by atoms with Gasteiger partial charge in [0.15, 0.2) is 11.2 Å². The first kappa shape index (κ1) is 24.0. The van der Waals surface area contributed by atoms with Gasteiger partial charge in [-0.25, -0.2) is 9.78 Å². The van der Waals surface area contributed by atoms with Gasteiger partial charge in [0.2, 0.25) is 5.82 Å². The molecule has 3 aromatic heterocycles. The maximum absolute atomic E-state index is 13.0. The summed E-state index contributed by atoms with van der Waals surface area (Å²) in [6.07, 6.45) is 6.15. The minimum absolute atomic E-state index is 0.372. The van der Waals surface area contributed by atoms with Crippen molar-refractivity contribution in [3.8, 4) is 22.5 Å². The van der Waals surface area contributed by atoms with Crippen LogP contribution in [0, 0.1) is 5.92 Å². The number of fused-ring (bicyclic) bond motifs is 1. The lowest BCUT2D eigenvalue weighted by Crippen LogP contribution is -2.31. The Morgan fingerprint density at radius 2 is 1.76 bits per heavy atom. The van der Waals surface area contributed by atoms with Crippen LogP contribution < -0.4 is 11.2 Å². The van der Waals surface area contributed by atoms with E-state index in [1.54, 1.807) is 4.57 Å². The molecular formula is C28H30N8O2. The van der Waals surface area contributed by atoms with Crippen molar-refractivity contribution in [2.24, 2.45) is 5.92 Å². The molecule has 194 valence electrons. The average molecular weight is 511 g/mol. The normalized spacial score (nSPS) is 13.4. The summed E-state index contributed by atoms with van der Waals surface area (Å²) in [6, 6.07) is 16.2. The number of nitrogens with zero attached hydrogens (tertiary/aromatic N) is 6. The molecule has 2 N–H and O–H groups in total. The molecule has 0 amide bonds. The number of unbranched alkanes of at least 4 members (excludes halogenated alkanes) is 2. The number of tetrazole rings is 1. The van der Waals surface area contributed by atoms with Crippen LogP contribution in [0.1, 0.15) is 50.4 Å². The fourth-order valence-electron chi connectivity index (χ4n) is 5.02. The van der Waals surface area contributed by atoms with Crippen LogP contribution in [0.5, 0.6) is 0 Å². The molecule has 0 bridgehead atoms. The predicted molar refractivity (Wildman–Crippen MR) is 145 cm³/mol. The number of nitrogens with one attached hydrogen (secondary N) is 2. The predicted octanol–water partition coefficient (Wildman–Crippen LogP) is 3.92. The number of aromatic amines is 2. The van der Waals surface area contributed by atoms with Gasteiger partial charge in [-0.15, -0.1) is 10.2 Å². The summed E-state index contributed by atoms with van der Waals surface area (Å²) in [5.41, 5.74) is 4.21. The van der Waals surface area contributed by atoms with Crippen molar-refractivity contribution in [1.82, 2.24) is 39.7 Å². The number of H-pyrrole nitrogens is 2. The molecule has 3 heterocycles. The van der Waals surface area contributed by atoms with E-state index in [0.717, 1.165) is 66.6 Å². The van der Waals surface area contributed by atoms with Gasteiger partial charge in [0.25, 0.3) is 5.56 Å². The molecule has 0 aliphatic heterocycles. The lowest BCUT2D eigenvalue weighted by atomic mass is 9.98. The van der Waals surface area contributed by atoms with Gasteiger partial charge in [0.05, 0.1) is 0 Å². The molecule has 1 saturated carbocycles. The maximum atomic E-state index is 13.0. The largest absolute Gasteiger partial charge is 0.330 e. The van der Waals surface area contributed by atoms with Gasteiger partial charge in [0, 0.05) is 25.1 Å². The molecule has 0 radical (unpaired) electrons. The Morgan fingerprint density at radius 1 is 0.974 bits per heavy atom. The van der Waals surface area contributed by atoms with Gasteiger partial charge in [-0.05, 0) is 47.1 Å². The minimum atomic E-state index is -0.378. The van der Waals surface area contributed by atoms with Crippen molar-refractivity contribution >= 4 is 11.2 Å². The molecule has 0 saturated heterocycles. The molecule has 38 heavy (non-hydrogen) atoms. The Labute approximate surface area is 218 Å². The zero-order valence-electron chi connectivity index (χ0n) is 21.4. The van der Waals surface area contributed by atoms with Crippen molar-refractivity contribution in [2.45, 2.75) is 58.5 Å². The fourth-order valence-corrected chi connectivity index (χ4v) is 5.02. The molecule has 2 aromatic carbocycles. The van der Waals surface area contributed by atoms with Crippen LogP contribution in [0.4, 0.5) is 0 Å². The van der Waals surface area contributed by atoms with E-state index in [-0.39, 0.29) is 11.2 Å². The second-order valence-electron chi connectivity index (χ2n) is 10.0. The van der Waals surface area contributed by atoms with E-state index in [2.05, 4.69) is 56.8 Å². The quantitative estimate of drug-likeness (QED) is 0.274. The summed E-state index contributed by atoms with van der Waals surface area (Å²) >= 11 is 0. The SMILES string of the molecule is CCCCCc1nc2c(c(=O)[nH]c(=O)n2CC2CC2)n1Cc1ccc(-c2ccccc2-c2nn[nH]n2)cc1. The molecule has 1 aliphatic carbocycles. The molecule has 10 heteroatoms. The number of hydrogen-bond acceptors (Lipinski definition) is 6. The molecule has 1 fully saturated rings. The minimum Gasteiger partial charge on any atom is -0.318 e. The third-order valence-electron chi connectivity index (χ3n) is 7.23. The van der Waals surface area contributed by atoms with Gasteiger partial charge in [-0.1, -0.05) is 68.3 Å². The number of hydrogen-bond donors (Lipinski definition) is 2. The molecule has 1 aliphatic rings. The van der Waals surface area contributed by atoms with Crippen molar-refractivity contribution in [2.75, 3.05) is 0 Å². The Bertz CT molecular complexity index is 1680. The third-order valence-corrected chi connectivity index (χ3v) is 7.23. The summed E-state index contributed by atoms with van der Waals surface area (Å²) in [4.78, 5) is 33.1. The van der Waals surface area contributed by atoms with Gasteiger partial charge < -0.3 is 4.57 Å². The van der Waals surface area contributed by atoms with E-state index in [0.29, 0.717) is 36.0 Å². The maximum Gasteiger partial charge on any atom is 0.330 e. The highest BCUT2D eigenvalue weighted by atomic mass is 16.2. The number of imidazole rings is 1. The summed E-state index contributed by atoms with van der Waals surface area (Å²) < 4.78 is 3.65. The van der Waals surface area contributed by atoms with Crippen LogP contribution in [0.3, 0.4) is 0 Å². The molecule has 0 unspecified atom stereocenters. The first-order chi connectivity index (χ1) is 18.6. The first-order valence-corrected chi connectivity index (χ1v) is 13.3. The van der Waals surface area contributed by atoms with E-state index >= 15 is 0 Å². The molecule has 5 aromatic rings. The standard InChI is InChI=1S/C28H30N8O2/c1-2-3-4-9-23-29-26-24(27(37)30-28(38)36(26)17-18-10-11-18)35(23)16-19-12-14-20(15-13-19)21-7-5-6-8-22(21)25-31-33-34-32-25/h5-8,12-15,18H,2-4,9-11,16-17H2,1H3,(H,30,37,38)(H,31,32,33,34). The van der Waals surface area contributed by atoms with E-state index < -0.39 is 0 Å². The summed E-state index contributed by atoms with van der Waals surface area (Å²) in [5.74, 6) is 1.88. The Morgan fingerprint density at radius 3 is 2.47 bits per heavy atom. The van der Waals surface area contributed by atoms with Crippen molar-refractivity contribution in [1.29, 1.82) is 0 Å². The van der Waals surface area contributed by atoms with E-state index in [1.165, 1.54) is 0 Å². The van der Waals surface area contributed by atoms with Crippen molar-refractivity contribution < 1.29 is 0 Å². The number of aryl methyl sites for hydroxylation is 1. The highest BCUT2D eigenvalue weighted by Crippen LogP contribution is 2.31. The Kier molecular flexibility index (Phi) is 6.45. The van der Waals surface area contributed by atoms with E-state index in [1.807, 2.05) is 28.8 Å². The molecular weight excluding hydrogens is 480 g/mol. The van der Waals surface area contributed by atoms with Crippen molar-refractivity contribution in [3.63, 3.8) is 0 Å². The number of benzene rings is 2. The molecule has 0 spiro atoms. The highest BCUT2D eigenvalue weighted by molar-refractivity contribution is 5.80. The summed E-state index contributed by atoms with van der Waals surface area (Å²) in [5, 5.41) is 14.5. The van der Waals surface area contributed by atoms with E-state index in [4.69, 9.17) is 4.98 Å². The zero-order chi connectivity index (χ0) is 26.1. The molecule has 6 rings (SSSR count).